The lowest BCUT2D eigenvalue weighted by atomic mass is 10.2. The molecule has 0 spiro atoms. The van der Waals surface area contributed by atoms with Gasteiger partial charge in [0, 0.05) is 31.1 Å². The number of thioether (sulfide) groups is 1. The number of anilines is 1. The van der Waals surface area contributed by atoms with E-state index in [0.717, 1.165) is 43.4 Å². The molecule has 1 aromatic carbocycles. The highest BCUT2D eigenvalue weighted by Crippen LogP contribution is 2.38. The van der Waals surface area contributed by atoms with E-state index in [9.17, 15) is 18.0 Å². The monoisotopic (exact) mass is 453 g/mol. The zero-order chi connectivity index (χ0) is 21.7. The Bertz CT molecular complexity index is 880. The Kier molecular flexibility index (Phi) is 7.81. The fraction of sp³-hybridized carbons (Fsp3) is 0.619. The smallest absolute Gasteiger partial charge is 0.247 e. The van der Waals surface area contributed by atoms with Crippen molar-refractivity contribution in [2.24, 2.45) is 0 Å². The van der Waals surface area contributed by atoms with E-state index < -0.39 is 15.3 Å². The molecule has 2 aliphatic heterocycles. The van der Waals surface area contributed by atoms with Gasteiger partial charge in [0.2, 0.25) is 21.8 Å². The lowest BCUT2D eigenvalue weighted by molar-refractivity contribution is -0.133. The highest BCUT2D eigenvalue weighted by molar-refractivity contribution is 8.01. The first-order valence-electron chi connectivity index (χ1n) is 10.8. The summed E-state index contributed by atoms with van der Waals surface area (Å²) in [5, 5.41) is 1.94. The van der Waals surface area contributed by atoms with Gasteiger partial charge in [-0.1, -0.05) is 33.1 Å². The minimum absolute atomic E-state index is 0.154. The Balaban J connectivity index is 1.79. The van der Waals surface area contributed by atoms with Gasteiger partial charge in [-0.15, -0.1) is 11.8 Å². The van der Waals surface area contributed by atoms with E-state index in [4.69, 9.17) is 0 Å². The average Bonchev–Trinajstić information content (AvgIpc) is 3.02. The van der Waals surface area contributed by atoms with Crippen molar-refractivity contribution >= 4 is 39.3 Å². The zero-order valence-corrected chi connectivity index (χ0v) is 19.4. The van der Waals surface area contributed by atoms with Gasteiger partial charge in [0.1, 0.15) is 0 Å². The summed E-state index contributed by atoms with van der Waals surface area (Å²) < 4.78 is 27.4. The molecule has 1 N–H and O–H groups in total. The quantitative estimate of drug-likeness (QED) is 0.640. The van der Waals surface area contributed by atoms with Crippen LogP contribution in [0.2, 0.25) is 0 Å². The summed E-state index contributed by atoms with van der Waals surface area (Å²) in [6, 6.07) is 4.78. The zero-order valence-electron chi connectivity index (χ0n) is 17.7. The maximum absolute atomic E-state index is 13.0. The van der Waals surface area contributed by atoms with Crippen molar-refractivity contribution in [1.29, 1.82) is 0 Å². The summed E-state index contributed by atoms with van der Waals surface area (Å²) in [7, 11) is -3.63. The fourth-order valence-corrected chi connectivity index (χ4v) is 6.37. The van der Waals surface area contributed by atoms with Crippen molar-refractivity contribution < 1.29 is 18.0 Å². The van der Waals surface area contributed by atoms with Gasteiger partial charge in [0.05, 0.1) is 10.6 Å². The molecular formula is C21H31N3O4S2. The fourth-order valence-electron chi connectivity index (χ4n) is 3.80. The Hall–Kier alpha value is -1.58. The minimum Gasteiger partial charge on any atom is -0.341 e. The number of unbranched alkanes of at least 4 members (excludes halogenated alkanes) is 1. The van der Waals surface area contributed by atoms with Crippen molar-refractivity contribution in [3.63, 3.8) is 0 Å². The van der Waals surface area contributed by atoms with E-state index in [0.29, 0.717) is 31.9 Å². The third kappa shape index (κ3) is 5.00. The lowest BCUT2D eigenvalue weighted by Crippen LogP contribution is -2.45. The molecule has 0 aliphatic carbocycles. The summed E-state index contributed by atoms with van der Waals surface area (Å²) in [5.41, 5.74) is 0.456. The second-order valence-corrected chi connectivity index (χ2v) is 10.8. The maximum Gasteiger partial charge on any atom is 0.247 e. The first kappa shape index (κ1) is 23.1. The SMILES string of the molecule is CCCCN(CC)S(=O)(=O)c1ccc2c(c1)NC(=O)[C@H](C(=O)N1CCCCCC1)S2. The van der Waals surface area contributed by atoms with Gasteiger partial charge in [-0.2, -0.15) is 4.31 Å². The molecule has 0 bridgehead atoms. The largest absolute Gasteiger partial charge is 0.341 e. The predicted octanol–water partition coefficient (Wildman–Crippen LogP) is 3.31. The molecule has 7 nitrogen and oxygen atoms in total. The van der Waals surface area contributed by atoms with Gasteiger partial charge in [0.25, 0.3) is 0 Å². The summed E-state index contributed by atoms with van der Waals surface area (Å²) in [6.07, 6.45) is 5.87. The van der Waals surface area contributed by atoms with Crippen LogP contribution in [0.5, 0.6) is 0 Å². The number of amides is 2. The number of benzene rings is 1. The molecule has 2 aliphatic rings. The van der Waals surface area contributed by atoms with Crippen LogP contribution in [0.1, 0.15) is 52.4 Å². The molecule has 166 valence electrons. The van der Waals surface area contributed by atoms with Gasteiger partial charge >= 0.3 is 0 Å². The molecule has 2 heterocycles. The van der Waals surface area contributed by atoms with Crippen LogP contribution in [0.15, 0.2) is 28.0 Å². The number of sulfonamides is 1. The number of nitrogens with one attached hydrogen (secondary N) is 1. The topological polar surface area (TPSA) is 86.8 Å². The van der Waals surface area contributed by atoms with Crippen LogP contribution < -0.4 is 5.32 Å². The molecule has 0 radical (unpaired) electrons. The minimum atomic E-state index is -3.63. The van der Waals surface area contributed by atoms with Crippen LogP contribution in [0.3, 0.4) is 0 Å². The molecule has 0 aromatic heterocycles. The molecule has 30 heavy (non-hydrogen) atoms. The molecular weight excluding hydrogens is 422 g/mol. The molecule has 1 atom stereocenters. The van der Waals surface area contributed by atoms with Crippen LogP contribution in [-0.2, 0) is 19.6 Å². The molecule has 2 amide bonds. The molecule has 9 heteroatoms. The molecule has 0 saturated carbocycles. The van der Waals surface area contributed by atoms with Gasteiger partial charge < -0.3 is 10.2 Å². The second kappa shape index (κ2) is 10.2. The second-order valence-electron chi connectivity index (χ2n) is 7.73. The predicted molar refractivity (Wildman–Crippen MR) is 119 cm³/mol. The van der Waals surface area contributed by atoms with E-state index >= 15 is 0 Å². The van der Waals surface area contributed by atoms with Crippen LogP contribution in [0, 0.1) is 0 Å². The number of likely N-dealkylation sites (tertiary alicyclic amines) is 1. The first-order chi connectivity index (χ1) is 14.4. The van der Waals surface area contributed by atoms with Crippen LogP contribution in [0.4, 0.5) is 5.69 Å². The highest BCUT2D eigenvalue weighted by Gasteiger charge is 2.36. The normalized spacial score (nSPS) is 19.9. The number of hydrogen-bond donors (Lipinski definition) is 1. The van der Waals surface area contributed by atoms with E-state index in [1.807, 2.05) is 13.8 Å². The van der Waals surface area contributed by atoms with Gasteiger partial charge in [-0.25, -0.2) is 8.42 Å². The third-order valence-corrected chi connectivity index (χ3v) is 8.82. The summed E-state index contributed by atoms with van der Waals surface area (Å²) in [4.78, 5) is 28.3. The Morgan fingerprint density at radius 3 is 2.53 bits per heavy atom. The van der Waals surface area contributed by atoms with Crippen molar-refractivity contribution in [3.05, 3.63) is 18.2 Å². The van der Waals surface area contributed by atoms with E-state index in [1.165, 1.54) is 22.1 Å². The number of carbonyl (C=O) groups is 2. The summed E-state index contributed by atoms with van der Waals surface area (Å²) in [5.74, 6) is -0.534. The number of nitrogens with zero attached hydrogens (tertiary/aromatic N) is 2. The molecule has 1 fully saturated rings. The van der Waals surface area contributed by atoms with Crippen LogP contribution >= 0.6 is 11.8 Å². The summed E-state index contributed by atoms with van der Waals surface area (Å²) in [6.45, 7) is 6.10. The van der Waals surface area contributed by atoms with Crippen molar-refractivity contribution in [1.82, 2.24) is 9.21 Å². The average molecular weight is 454 g/mol. The summed E-state index contributed by atoms with van der Waals surface area (Å²) >= 11 is 1.21. The van der Waals surface area contributed by atoms with Gasteiger partial charge in [0.15, 0.2) is 5.25 Å². The Morgan fingerprint density at radius 2 is 1.90 bits per heavy atom. The highest BCUT2D eigenvalue weighted by atomic mass is 32.2. The number of hydrogen-bond acceptors (Lipinski definition) is 5. The van der Waals surface area contributed by atoms with Gasteiger partial charge in [-0.3, -0.25) is 9.59 Å². The first-order valence-corrected chi connectivity index (χ1v) is 13.1. The van der Waals surface area contributed by atoms with Crippen molar-refractivity contribution in [2.45, 2.75) is 67.4 Å². The van der Waals surface area contributed by atoms with Crippen LogP contribution in [-0.4, -0.2) is 60.9 Å². The van der Waals surface area contributed by atoms with E-state index in [2.05, 4.69) is 5.32 Å². The number of rotatable bonds is 7. The Labute approximate surface area is 183 Å². The van der Waals surface area contributed by atoms with Gasteiger partial charge in [-0.05, 0) is 37.5 Å². The molecule has 3 rings (SSSR count). The Morgan fingerprint density at radius 1 is 1.20 bits per heavy atom. The number of carbonyl (C=O) groups excluding carboxylic acids is 2. The number of fused-ring (bicyclic) bond motifs is 1. The maximum atomic E-state index is 13.0. The van der Waals surface area contributed by atoms with Crippen molar-refractivity contribution in [2.75, 3.05) is 31.5 Å². The van der Waals surface area contributed by atoms with E-state index in [-0.39, 0.29) is 16.7 Å². The standard InChI is InChI=1S/C21H31N3O4S2/c1-3-5-14-24(4-2)30(27,28)16-10-11-18-17(15-16)22-20(25)19(29-18)21(26)23-12-8-6-7-9-13-23/h10-11,15,19H,3-9,12-14H2,1-2H3,(H,22,25)/t19-/m1/s1. The molecule has 1 aromatic rings. The van der Waals surface area contributed by atoms with Crippen LogP contribution in [0.25, 0.3) is 0 Å². The molecule has 0 unspecified atom stereocenters. The lowest BCUT2D eigenvalue weighted by Gasteiger charge is -2.29. The third-order valence-electron chi connectivity index (χ3n) is 5.59. The van der Waals surface area contributed by atoms with E-state index in [1.54, 1.807) is 17.0 Å². The molecule has 1 saturated heterocycles. The van der Waals surface area contributed by atoms with Crippen molar-refractivity contribution in [3.8, 4) is 0 Å².